The minimum Gasteiger partial charge on any atom is -0.496 e. The van der Waals surface area contributed by atoms with Crippen LogP contribution in [-0.2, 0) is 0 Å². The average Bonchev–Trinajstić information content (AvgIpc) is 3.24. The second-order valence-corrected chi connectivity index (χ2v) is 5.50. The molecule has 0 aliphatic heterocycles. The maximum absolute atomic E-state index is 5.43. The molecule has 0 unspecified atom stereocenters. The summed E-state index contributed by atoms with van der Waals surface area (Å²) < 4.78 is 19.3. The Morgan fingerprint density at radius 1 is 1.00 bits per heavy atom. The first-order valence-electron chi connectivity index (χ1n) is 7.85. The van der Waals surface area contributed by atoms with Crippen LogP contribution in [-0.4, -0.2) is 52.2 Å². The van der Waals surface area contributed by atoms with Crippen molar-refractivity contribution in [2.75, 3.05) is 21.3 Å². The van der Waals surface area contributed by atoms with Gasteiger partial charge in [-0.2, -0.15) is 14.9 Å². The molecule has 0 atom stereocenters. The molecule has 2 heterocycles. The summed E-state index contributed by atoms with van der Waals surface area (Å²) in [6.45, 7) is 3.86. The van der Waals surface area contributed by atoms with E-state index in [0.717, 1.165) is 11.4 Å². The van der Waals surface area contributed by atoms with E-state index in [4.69, 9.17) is 14.2 Å². The molecule has 1 aromatic carbocycles. The minimum absolute atomic E-state index is 0.485. The van der Waals surface area contributed by atoms with Gasteiger partial charge in [0.25, 0.3) is 5.95 Å². The van der Waals surface area contributed by atoms with E-state index in [1.807, 2.05) is 19.9 Å². The van der Waals surface area contributed by atoms with Gasteiger partial charge in [0.05, 0.1) is 38.8 Å². The highest BCUT2D eigenvalue weighted by Crippen LogP contribution is 2.32. The van der Waals surface area contributed by atoms with E-state index in [2.05, 4.69) is 20.4 Å². The van der Waals surface area contributed by atoms with Crippen molar-refractivity contribution in [1.29, 1.82) is 0 Å². The number of rotatable bonds is 6. The quantitative estimate of drug-likeness (QED) is 0.628. The van der Waals surface area contributed by atoms with Crippen molar-refractivity contribution in [2.45, 2.75) is 13.8 Å². The highest BCUT2D eigenvalue weighted by molar-refractivity contribution is 5.88. The monoisotopic (exact) mass is 356 g/mol. The van der Waals surface area contributed by atoms with Crippen molar-refractivity contribution in [3.63, 3.8) is 0 Å². The van der Waals surface area contributed by atoms with Crippen LogP contribution in [0.4, 0.5) is 0 Å². The molecule has 0 amide bonds. The van der Waals surface area contributed by atoms with Gasteiger partial charge in [-0.1, -0.05) is 0 Å². The molecule has 0 radical (unpaired) electrons. The predicted molar refractivity (Wildman–Crippen MR) is 95.7 cm³/mol. The van der Waals surface area contributed by atoms with Crippen LogP contribution in [0.5, 0.6) is 17.2 Å². The molecule has 0 N–H and O–H groups in total. The molecule has 9 nitrogen and oxygen atoms in total. The van der Waals surface area contributed by atoms with Gasteiger partial charge in [-0.25, -0.2) is 4.68 Å². The fourth-order valence-electron chi connectivity index (χ4n) is 2.56. The van der Waals surface area contributed by atoms with Gasteiger partial charge in [-0.3, -0.25) is 0 Å². The van der Waals surface area contributed by atoms with Crippen LogP contribution in [0.1, 0.15) is 17.0 Å². The van der Waals surface area contributed by atoms with Crippen LogP contribution >= 0.6 is 0 Å². The molecule has 0 aliphatic carbocycles. The Morgan fingerprint density at radius 2 is 1.69 bits per heavy atom. The average molecular weight is 356 g/mol. The molecule has 0 aliphatic rings. The Hall–Kier alpha value is -3.36. The summed E-state index contributed by atoms with van der Waals surface area (Å²) in [5, 5.41) is 16.9. The summed E-state index contributed by atoms with van der Waals surface area (Å²) >= 11 is 0. The minimum atomic E-state index is 0.485. The molecule has 0 bridgehead atoms. The van der Waals surface area contributed by atoms with Crippen molar-refractivity contribution in [2.24, 2.45) is 5.10 Å². The molecule has 26 heavy (non-hydrogen) atoms. The molecule has 0 fully saturated rings. The molecule has 9 heteroatoms. The van der Waals surface area contributed by atoms with Crippen molar-refractivity contribution in [1.82, 2.24) is 24.7 Å². The number of nitrogens with zero attached hydrogens (tertiary/aromatic N) is 6. The van der Waals surface area contributed by atoms with E-state index < -0.39 is 0 Å². The SMILES string of the molecule is COc1cc(OC)c(/C=N\n2cnnc2-n2nc(C)cc2C)c(OC)c1. The summed E-state index contributed by atoms with van der Waals surface area (Å²) in [7, 11) is 4.73. The maximum atomic E-state index is 5.43. The Bertz CT molecular complexity index is 919. The third-order valence-corrected chi connectivity index (χ3v) is 3.78. The summed E-state index contributed by atoms with van der Waals surface area (Å²) in [5.74, 6) is 2.26. The van der Waals surface area contributed by atoms with Crippen LogP contribution in [0.25, 0.3) is 5.95 Å². The fraction of sp³-hybridized carbons (Fsp3) is 0.294. The first-order valence-corrected chi connectivity index (χ1v) is 7.85. The van der Waals surface area contributed by atoms with Gasteiger partial charge in [0.1, 0.15) is 23.6 Å². The molecule has 3 rings (SSSR count). The summed E-state index contributed by atoms with van der Waals surface area (Å²) in [4.78, 5) is 0. The summed E-state index contributed by atoms with van der Waals surface area (Å²) in [6.07, 6.45) is 3.13. The summed E-state index contributed by atoms with van der Waals surface area (Å²) in [5.41, 5.74) is 2.50. The van der Waals surface area contributed by atoms with Gasteiger partial charge >= 0.3 is 0 Å². The standard InChI is InChI=1S/C17H20N6O3/c1-11-6-12(2)23(21-11)17-20-18-10-22(17)19-9-14-15(25-4)7-13(24-3)8-16(14)26-5/h6-10H,1-5H3/b19-9-. The third-order valence-electron chi connectivity index (χ3n) is 3.78. The number of methoxy groups -OCH3 is 3. The fourth-order valence-corrected chi connectivity index (χ4v) is 2.56. The maximum Gasteiger partial charge on any atom is 0.273 e. The van der Waals surface area contributed by atoms with Crippen LogP contribution in [0.15, 0.2) is 29.6 Å². The Balaban J connectivity index is 2.02. The molecule has 0 spiro atoms. The number of aryl methyl sites for hydroxylation is 2. The summed E-state index contributed by atoms with van der Waals surface area (Å²) in [6, 6.07) is 5.48. The largest absolute Gasteiger partial charge is 0.496 e. The first-order chi connectivity index (χ1) is 12.6. The lowest BCUT2D eigenvalue weighted by Crippen LogP contribution is -2.07. The smallest absolute Gasteiger partial charge is 0.273 e. The van der Waals surface area contributed by atoms with E-state index in [1.165, 1.54) is 11.0 Å². The Labute approximate surface area is 150 Å². The molecule has 3 aromatic rings. The van der Waals surface area contributed by atoms with Crippen LogP contribution in [0, 0.1) is 13.8 Å². The van der Waals surface area contributed by atoms with Gasteiger partial charge in [0.15, 0.2) is 0 Å². The van der Waals surface area contributed by atoms with Crippen LogP contribution in [0.3, 0.4) is 0 Å². The number of aromatic nitrogens is 5. The molecule has 2 aromatic heterocycles. The first kappa shape index (κ1) is 17.5. The zero-order valence-electron chi connectivity index (χ0n) is 15.3. The molecule has 136 valence electrons. The van der Waals surface area contributed by atoms with E-state index in [9.17, 15) is 0 Å². The van der Waals surface area contributed by atoms with Crippen molar-refractivity contribution < 1.29 is 14.2 Å². The van der Waals surface area contributed by atoms with Crippen LogP contribution in [0.2, 0.25) is 0 Å². The molecular formula is C17H20N6O3. The second kappa shape index (κ2) is 7.26. The Kier molecular flexibility index (Phi) is 4.87. The molecule has 0 saturated carbocycles. The zero-order chi connectivity index (χ0) is 18.7. The highest BCUT2D eigenvalue weighted by atomic mass is 16.5. The highest BCUT2D eigenvalue weighted by Gasteiger charge is 2.13. The van der Waals surface area contributed by atoms with Crippen molar-refractivity contribution >= 4 is 6.21 Å². The van der Waals surface area contributed by atoms with E-state index >= 15 is 0 Å². The third kappa shape index (κ3) is 3.23. The second-order valence-electron chi connectivity index (χ2n) is 5.50. The Morgan fingerprint density at radius 3 is 2.23 bits per heavy atom. The van der Waals surface area contributed by atoms with E-state index in [0.29, 0.717) is 28.8 Å². The number of benzene rings is 1. The molecular weight excluding hydrogens is 336 g/mol. The number of hydrogen-bond acceptors (Lipinski definition) is 7. The lowest BCUT2D eigenvalue weighted by atomic mass is 10.2. The lowest BCUT2D eigenvalue weighted by Gasteiger charge is -2.12. The topological polar surface area (TPSA) is 88.6 Å². The number of ether oxygens (including phenoxy) is 3. The van der Waals surface area contributed by atoms with Gasteiger partial charge in [-0.15, -0.1) is 10.2 Å². The van der Waals surface area contributed by atoms with Gasteiger partial charge < -0.3 is 14.2 Å². The van der Waals surface area contributed by atoms with E-state index in [-0.39, 0.29) is 0 Å². The number of hydrogen-bond donors (Lipinski definition) is 0. The van der Waals surface area contributed by atoms with Gasteiger partial charge in [-0.05, 0) is 19.9 Å². The molecule has 0 saturated heterocycles. The normalized spacial score (nSPS) is 11.1. The predicted octanol–water partition coefficient (Wildman–Crippen LogP) is 1.99. The lowest BCUT2D eigenvalue weighted by molar-refractivity contribution is 0.374. The van der Waals surface area contributed by atoms with E-state index in [1.54, 1.807) is 44.4 Å². The van der Waals surface area contributed by atoms with Gasteiger partial charge in [0, 0.05) is 17.8 Å². The van der Waals surface area contributed by atoms with Crippen LogP contribution < -0.4 is 14.2 Å². The zero-order valence-corrected chi connectivity index (χ0v) is 15.3. The van der Waals surface area contributed by atoms with Crippen molar-refractivity contribution in [3.05, 3.63) is 41.5 Å². The van der Waals surface area contributed by atoms with Gasteiger partial charge in [0.2, 0.25) is 0 Å². The van der Waals surface area contributed by atoms with Crippen molar-refractivity contribution in [3.8, 4) is 23.2 Å².